The maximum atomic E-state index is 12.4. The van der Waals surface area contributed by atoms with E-state index >= 15 is 0 Å². The minimum atomic E-state index is -1.01. The highest BCUT2D eigenvalue weighted by Gasteiger charge is 2.38. The molecular weight excluding hydrogens is 354 g/mol. The van der Waals surface area contributed by atoms with Gasteiger partial charge in [0, 0.05) is 17.8 Å². The first-order valence-corrected chi connectivity index (χ1v) is 8.49. The zero-order valence-corrected chi connectivity index (χ0v) is 15.6. The first kappa shape index (κ1) is 18.2. The van der Waals surface area contributed by atoms with Gasteiger partial charge in [-0.1, -0.05) is 29.8 Å². The number of amides is 1. The zero-order valence-electron chi connectivity index (χ0n) is 14.8. The Kier molecular flexibility index (Phi) is 5.15. The molecule has 0 radical (unpaired) electrons. The molecule has 2 aromatic rings. The van der Waals surface area contributed by atoms with Crippen LogP contribution in [0.4, 0.5) is 5.69 Å². The van der Waals surface area contributed by atoms with E-state index in [4.69, 9.17) is 21.2 Å². The number of ether oxygens (including phenoxy) is 1. The summed E-state index contributed by atoms with van der Waals surface area (Å²) in [5, 5.41) is 4.93. The maximum Gasteiger partial charge on any atom is 0.229 e. The number of hydrogen-bond acceptors (Lipinski definition) is 5. The van der Waals surface area contributed by atoms with E-state index in [-0.39, 0.29) is 12.3 Å². The highest BCUT2D eigenvalue weighted by Crippen LogP contribution is 2.31. The van der Waals surface area contributed by atoms with Gasteiger partial charge in [0.1, 0.15) is 5.75 Å². The number of halogens is 1. The van der Waals surface area contributed by atoms with Crippen LogP contribution in [0.25, 0.3) is 0 Å². The number of rotatable bonds is 5. The molecule has 1 amide bonds. The molecule has 3 rings (SSSR count). The van der Waals surface area contributed by atoms with Gasteiger partial charge in [-0.15, -0.1) is 0 Å². The van der Waals surface area contributed by atoms with Gasteiger partial charge in [0.05, 0.1) is 19.1 Å². The Hall–Kier alpha value is -2.57. The highest BCUT2D eigenvalue weighted by molar-refractivity contribution is 6.30. The molecule has 1 N–H and O–H groups in total. The number of amidine groups is 1. The summed E-state index contributed by atoms with van der Waals surface area (Å²) in [5.74, 6) is 1.09. The van der Waals surface area contributed by atoms with Crippen LogP contribution in [0, 0.1) is 0 Å². The summed E-state index contributed by atoms with van der Waals surface area (Å²) in [6, 6.07) is 14.5. The molecule has 6 nitrogen and oxygen atoms in total. The molecule has 7 heteroatoms. The molecule has 0 saturated heterocycles. The lowest BCUT2D eigenvalue weighted by atomic mass is 10.1. The van der Waals surface area contributed by atoms with Crippen molar-refractivity contribution in [1.29, 1.82) is 0 Å². The first-order valence-electron chi connectivity index (χ1n) is 8.12. The molecule has 0 aliphatic carbocycles. The summed E-state index contributed by atoms with van der Waals surface area (Å²) in [6.45, 7) is 1.77. The fraction of sp³-hybridized carbons (Fsp3) is 0.263. The van der Waals surface area contributed by atoms with Crippen LogP contribution < -0.4 is 10.1 Å². The van der Waals surface area contributed by atoms with E-state index in [2.05, 4.69) is 10.3 Å². The Balaban J connectivity index is 1.77. The molecule has 1 atom stereocenters. The van der Waals surface area contributed by atoms with Crippen LogP contribution in [0.15, 0.2) is 53.5 Å². The summed E-state index contributed by atoms with van der Waals surface area (Å²) in [4.78, 5) is 22.9. The number of para-hydroxylation sites is 1. The van der Waals surface area contributed by atoms with E-state index in [9.17, 15) is 4.79 Å². The second-order valence-electron chi connectivity index (χ2n) is 6.13. The molecule has 1 unspecified atom stereocenters. The Morgan fingerprint density at radius 2 is 2.08 bits per heavy atom. The summed E-state index contributed by atoms with van der Waals surface area (Å²) >= 11 is 5.94. The van der Waals surface area contributed by atoms with E-state index in [0.717, 1.165) is 5.56 Å². The standard InChI is InChI=1S/C19H20ClN3O3/c1-19(12-17(24)21-14-8-6-7-13(20)11-14)22-18(23(2)26-19)15-9-4-5-10-16(15)25-3/h4-11H,12H2,1-3H3,(H,21,24). The lowest BCUT2D eigenvalue weighted by Crippen LogP contribution is -2.32. The van der Waals surface area contributed by atoms with E-state index < -0.39 is 5.72 Å². The quantitative estimate of drug-likeness (QED) is 0.867. The molecule has 26 heavy (non-hydrogen) atoms. The van der Waals surface area contributed by atoms with Crippen LogP contribution in [0.2, 0.25) is 5.02 Å². The molecule has 0 bridgehead atoms. The SMILES string of the molecule is COc1ccccc1C1=NC(C)(CC(=O)Nc2cccc(Cl)c2)ON1C. The van der Waals surface area contributed by atoms with Crippen molar-refractivity contribution < 1.29 is 14.4 Å². The lowest BCUT2D eigenvalue weighted by Gasteiger charge is -2.21. The molecule has 0 aromatic heterocycles. The normalized spacial score (nSPS) is 19.2. The predicted octanol–water partition coefficient (Wildman–Crippen LogP) is 3.72. The Labute approximate surface area is 157 Å². The number of nitrogens with zero attached hydrogens (tertiary/aromatic N) is 2. The van der Waals surface area contributed by atoms with E-state index in [1.165, 1.54) is 0 Å². The number of nitrogens with one attached hydrogen (secondary N) is 1. The molecule has 1 aliphatic rings. The molecule has 0 fully saturated rings. The third-order valence-corrected chi connectivity index (χ3v) is 4.15. The Morgan fingerprint density at radius 1 is 1.31 bits per heavy atom. The summed E-state index contributed by atoms with van der Waals surface area (Å²) < 4.78 is 5.39. The van der Waals surface area contributed by atoms with Crippen molar-refractivity contribution in [3.63, 3.8) is 0 Å². The number of anilines is 1. The monoisotopic (exact) mass is 373 g/mol. The smallest absolute Gasteiger partial charge is 0.229 e. The van der Waals surface area contributed by atoms with Gasteiger partial charge in [-0.25, -0.2) is 14.9 Å². The van der Waals surface area contributed by atoms with E-state index in [1.807, 2.05) is 24.3 Å². The van der Waals surface area contributed by atoms with Crippen LogP contribution in [-0.4, -0.2) is 36.7 Å². The highest BCUT2D eigenvalue weighted by atomic mass is 35.5. The topological polar surface area (TPSA) is 63.2 Å². The number of hydroxylamine groups is 2. The molecule has 0 spiro atoms. The van der Waals surface area contributed by atoms with Crippen LogP contribution >= 0.6 is 11.6 Å². The van der Waals surface area contributed by atoms with Crippen LogP contribution in [-0.2, 0) is 9.63 Å². The number of methoxy groups -OCH3 is 1. The molecule has 2 aromatic carbocycles. The lowest BCUT2D eigenvalue weighted by molar-refractivity contribution is -0.164. The number of aliphatic imine (C=N–C) groups is 1. The van der Waals surface area contributed by atoms with Gasteiger partial charge in [0.25, 0.3) is 0 Å². The molecule has 1 heterocycles. The van der Waals surface area contributed by atoms with Crippen LogP contribution in [0.3, 0.4) is 0 Å². The predicted molar refractivity (Wildman–Crippen MR) is 101 cm³/mol. The van der Waals surface area contributed by atoms with Gasteiger partial charge >= 0.3 is 0 Å². The van der Waals surface area contributed by atoms with Crippen molar-refractivity contribution in [2.45, 2.75) is 19.1 Å². The summed E-state index contributed by atoms with van der Waals surface area (Å²) in [7, 11) is 3.36. The van der Waals surface area contributed by atoms with Gasteiger partial charge in [-0.2, -0.15) is 0 Å². The van der Waals surface area contributed by atoms with Crippen molar-refractivity contribution in [1.82, 2.24) is 5.06 Å². The fourth-order valence-electron chi connectivity index (χ4n) is 2.85. The van der Waals surface area contributed by atoms with Crippen LogP contribution in [0.5, 0.6) is 5.75 Å². The van der Waals surface area contributed by atoms with Crippen molar-refractivity contribution in [3.8, 4) is 5.75 Å². The summed E-state index contributed by atoms with van der Waals surface area (Å²) in [5.41, 5.74) is 0.427. The number of hydrogen-bond donors (Lipinski definition) is 1. The largest absolute Gasteiger partial charge is 0.496 e. The van der Waals surface area contributed by atoms with E-state index in [0.29, 0.717) is 22.3 Å². The van der Waals surface area contributed by atoms with Crippen LogP contribution in [0.1, 0.15) is 18.9 Å². The van der Waals surface area contributed by atoms with Crippen molar-refractivity contribution in [3.05, 3.63) is 59.1 Å². The van der Waals surface area contributed by atoms with Crippen molar-refractivity contribution in [2.24, 2.45) is 4.99 Å². The number of carbonyl (C=O) groups excluding carboxylic acids is 1. The molecule has 136 valence electrons. The third-order valence-electron chi connectivity index (χ3n) is 3.92. The first-order chi connectivity index (χ1) is 12.4. The average Bonchev–Trinajstić information content (AvgIpc) is 2.88. The van der Waals surface area contributed by atoms with Gasteiger partial charge in [-0.3, -0.25) is 4.79 Å². The molecular formula is C19H20ClN3O3. The van der Waals surface area contributed by atoms with E-state index in [1.54, 1.807) is 50.4 Å². The van der Waals surface area contributed by atoms with Crippen molar-refractivity contribution in [2.75, 3.05) is 19.5 Å². The fourth-order valence-corrected chi connectivity index (χ4v) is 3.04. The minimum absolute atomic E-state index is 0.0580. The second-order valence-corrected chi connectivity index (χ2v) is 6.57. The number of carbonyl (C=O) groups is 1. The van der Waals surface area contributed by atoms with Gasteiger partial charge < -0.3 is 10.1 Å². The summed E-state index contributed by atoms with van der Waals surface area (Å²) in [6.07, 6.45) is 0.0580. The van der Waals surface area contributed by atoms with Gasteiger partial charge in [0.15, 0.2) is 11.6 Å². The van der Waals surface area contributed by atoms with Gasteiger partial charge in [0.2, 0.25) is 5.91 Å². The molecule has 1 aliphatic heterocycles. The second kappa shape index (κ2) is 7.35. The number of benzene rings is 2. The molecule has 0 saturated carbocycles. The third kappa shape index (κ3) is 3.98. The average molecular weight is 374 g/mol. The van der Waals surface area contributed by atoms with Gasteiger partial charge in [-0.05, 0) is 37.3 Å². The minimum Gasteiger partial charge on any atom is -0.496 e. The maximum absolute atomic E-state index is 12.4. The zero-order chi connectivity index (χ0) is 18.7. The Bertz CT molecular complexity index is 855. The Morgan fingerprint density at radius 3 is 2.81 bits per heavy atom. The van der Waals surface area contributed by atoms with Crippen molar-refractivity contribution >= 4 is 29.0 Å².